The summed E-state index contributed by atoms with van der Waals surface area (Å²) in [5.41, 5.74) is 1.65. The van der Waals surface area contributed by atoms with Crippen LogP contribution in [-0.4, -0.2) is 29.2 Å². The van der Waals surface area contributed by atoms with E-state index in [0.29, 0.717) is 11.6 Å². The molecule has 0 spiro atoms. The minimum Gasteiger partial charge on any atom is -0.389 e. The van der Waals surface area contributed by atoms with E-state index in [-0.39, 0.29) is 5.82 Å². The average Bonchev–Trinajstić information content (AvgIpc) is 2.30. The molecule has 4 heteroatoms. The van der Waals surface area contributed by atoms with E-state index < -0.39 is 6.10 Å². The van der Waals surface area contributed by atoms with Gasteiger partial charge in [0.2, 0.25) is 0 Å². The molecule has 0 bridgehead atoms. The average molecular weight is 255 g/mol. The van der Waals surface area contributed by atoms with Crippen LogP contribution in [0, 0.1) is 5.82 Å². The molecule has 0 saturated carbocycles. The summed E-state index contributed by atoms with van der Waals surface area (Å²) in [4.78, 5) is 2.26. The van der Waals surface area contributed by atoms with Gasteiger partial charge < -0.3 is 10.0 Å². The molecule has 0 aromatic heterocycles. The van der Waals surface area contributed by atoms with Crippen LogP contribution in [0.2, 0.25) is 0 Å². The minimum atomic E-state index is -0.637. The zero-order chi connectivity index (χ0) is 12.4. The van der Waals surface area contributed by atoms with Crippen LogP contribution in [0.5, 0.6) is 0 Å². The number of hydrogen-bond acceptors (Lipinski definition) is 3. The summed E-state index contributed by atoms with van der Waals surface area (Å²) in [5, 5.41) is 9.75. The third-order valence-electron chi connectivity index (χ3n) is 3.12. The lowest BCUT2D eigenvalue weighted by Crippen LogP contribution is -2.41. The molecule has 1 heterocycles. The Morgan fingerprint density at radius 3 is 2.94 bits per heavy atom. The van der Waals surface area contributed by atoms with E-state index >= 15 is 0 Å². The topological polar surface area (TPSA) is 23.5 Å². The summed E-state index contributed by atoms with van der Waals surface area (Å²) in [6.45, 7) is 4.81. The Bertz CT molecular complexity index is 397. The second-order valence-electron chi connectivity index (χ2n) is 4.50. The lowest BCUT2D eigenvalue weighted by Gasteiger charge is -2.36. The molecule has 2 nitrogen and oxygen atoms in total. The van der Waals surface area contributed by atoms with Crippen molar-refractivity contribution in [1.29, 1.82) is 0 Å². The zero-order valence-corrected chi connectivity index (χ0v) is 11.0. The molecule has 1 aliphatic rings. The molecule has 2 atom stereocenters. The van der Waals surface area contributed by atoms with E-state index in [1.54, 1.807) is 13.0 Å². The van der Waals surface area contributed by atoms with Crippen LogP contribution >= 0.6 is 11.8 Å². The molecule has 1 aliphatic heterocycles. The van der Waals surface area contributed by atoms with Crippen LogP contribution in [0.15, 0.2) is 18.2 Å². The summed E-state index contributed by atoms with van der Waals surface area (Å²) < 4.78 is 13.2. The number of halogens is 1. The quantitative estimate of drug-likeness (QED) is 0.879. The monoisotopic (exact) mass is 255 g/mol. The first-order chi connectivity index (χ1) is 8.09. The van der Waals surface area contributed by atoms with Crippen molar-refractivity contribution in [2.45, 2.75) is 26.0 Å². The Morgan fingerprint density at radius 2 is 2.29 bits per heavy atom. The number of aliphatic hydroxyl groups excluding tert-OH is 1. The van der Waals surface area contributed by atoms with Crippen LogP contribution in [-0.2, 0) is 0 Å². The zero-order valence-electron chi connectivity index (χ0n) is 10.2. The minimum absolute atomic E-state index is 0.288. The number of thioether (sulfide) groups is 1. The van der Waals surface area contributed by atoms with Crippen LogP contribution in [0.4, 0.5) is 10.1 Å². The van der Waals surface area contributed by atoms with Crippen molar-refractivity contribution in [2.24, 2.45) is 0 Å². The highest BCUT2D eigenvalue weighted by molar-refractivity contribution is 7.99. The van der Waals surface area contributed by atoms with E-state index in [1.165, 1.54) is 12.1 Å². The van der Waals surface area contributed by atoms with Crippen molar-refractivity contribution in [1.82, 2.24) is 0 Å². The summed E-state index contributed by atoms with van der Waals surface area (Å²) in [5.74, 6) is 1.88. The summed E-state index contributed by atoms with van der Waals surface area (Å²) in [6, 6.07) is 5.12. The molecule has 1 N–H and O–H groups in total. The van der Waals surface area contributed by atoms with Gasteiger partial charge >= 0.3 is 0 Å². The van der Waals surface area contributed by atoms with Crippen molar-refractivity contribution >= 4 is 17.4 Å². The van der Waals surface area contributed by atoms with Gasteiger partial charge in [-0.1, -0.05) is 0 Å². The van der Waals surface area contributed by atoms with E-state index in [9.17, 15) is 9.50 Å². The van der Waals surface area contributed by atoms with E-state index in [1.807, 2.05) is 11.8 Å². The number of benzene rings is 1. The SMILES string of the molecule is CC1CSCCN1c1ccc(F)cc1[C@H](C)O. The Labute approximate surface area is 106 Å². The predicted molar refractivity (Wildman–Crippen MR) is 71.2 cm³/mol. The summed E-state index contributed by atoms with van der Waals surface area (Å²) in [6.07, 6.45) is -0.637. The van der Waals surface area contributed by atoms with E-state index in [2.05, 4.69) is 11.8 Å². The smallest absolute Gasteiger partial charge is 0.123 e. The molecule has 2 rings (SSSR count). The number of hydrogen-bond donors (Lipinski definition) is 1. The number of nitrogens with zero attached hydrogens (tertiary/aromatic N) is 1. The first-order valence-electron chi connectivity index (χ1n) is 5.91. The fourth-order valence-corrected chi connectivity index (χ4v) is 3.22. The normalized spacial score (nSPS) is 22.6. The molecule has 1 unspecified atom stereocenters. The van der Waals surface area contributed by atoms with Crippen LogP contribution in [0.3, 0.4) is 0 Å². The van der Waals surface area contributed by atoms with E-state index in [4.69, 9.17) is 0 Å². The maximum Gasteiger partial charge on any atom is 0.123 e. The molecular weight excluding hydrogens is 237 g/mol. The third-order valence-corrected chi connectivity index (χ3v) is 4.31. The summed E-state index contributed by atoms with van der Waals surface area (Å²) >= 11 is 1.94. The van der Waals surface area contributed by atoms with Gasteiger partial charge in [-0.2, -0.15) is 11.8 Å². The Morgan fingerprint density at radius 1 is 1.53 bits per heavy atom. The molecule has 1 saturated heterocycles. The molecule has 0 amide bonds. The standard InChI is InChI=1S/C13H18FNOS/c1-9-8-17-6-5-15(9)13-4-3-11(14)7-12(13)10(2)16/h3-4,7,9-10,16H,5-6,8H2,1-2H3/t9?,10-/m0/s1. The Hall–Kier alpha value is -0.740. The molecule has 94 valence electrons. The first kappa shape index (κ1) is 12.7. The van der Waals surface area contributed by atoms with Gasteiger partial charge in [0.25, 0.3) is 0 Å². The first-order valence-corrected chi connectivity index (χ1v) is 7.07. The van der Waals surface area contributed by atoms with Gasteiger partial charge in [0.05, 0.1) is 6.10 Å². The van der Waals surface area contributed by atoms with E-state index in [0.717, 1.165) is 23.7 Å². The van der Waals surface area contributed by atoms with Gasteiger partial charge in [0.1, 0.15) is 5.82 Å². The molecular formula is C13H18FNOS. The van der Waals surface area contributed by atoms with Crippen molar-refractivity contribution in [3.05, 3.63) is 29.6 Å². The molecule has 17 heavy (non-hydrogen) atoms. The number of aliphatic hydroxyl groups is 1. The van der Waals surface area contributed by atoms with Crippen LogP contribution in [0.25, 0.3) is 0 Å². The third kappa shape index (κ3) is 2.75. The van der Waals surface area contributed by atoms with Gasteiger partial charge in [0.15, 0.2) is 0 Å². The lowest BCUT2D eigenvalue weighted by atomic mass is 10.1. The maximum atomic E-state index is 13.2. The second-order valence-corrected chi connectivity index (χ2v) is 5.65. The van der Waals surface area contributed by atoms with Crippen LogP contribution < -0.4 is 4.90 Å². The highest BCUT2D eigenvalue weighted by Crippen LogP contribution is 2.31. The molecule has 0 radical (unpaired) electrons. The fourth-order valence-electron chi connectivity index (χ4n) is 2.21. The summed E-state index contributed by atoms with van der Waals surface area (Å²) in [7, 11) is 0. The van der Waals surface area contributed by atoms with Crippen molar-refractivity contribution in [3.8, 4) is 0 Å². The molecule has 1 fully saturated rings. The van der Waals surface area contributed by atoms with Gasteiger partial charge in [-0.05, 0) is 32.0 Å². The van der Waals surface area contributed by atoms with Crippen molar-refractivity contribution in [2.75, 3.05) is 23.0 Å². The van der Waals surface area contributed by atoms with Crippen molar-refractivity contribution < 1.29 is 9.50 Å². The largest absolute Gasteiger partial charge is 0.389 e. The molecule has 1 aromatic rings. The van der Waals surface area contributed by atoms with Gasteiger partial charge in [-0.15, -0.1) is 0 Å². The Balaban J connectivity index is 2.36. The maximum absolute atomic E-state index is 13.2. The van der Waals surface area contributed by atoms with Gasteiger partial charge in [-0.25, -0.2) is 4.39 Å². The van der Waals surface area contributed by atoms with Crippen LogP contribution in [0.1, 0.15) is 25.5 Å². The second kappa shape index (κ2) is 5.27. The van der Waals surface area contributed by atoms with Gasteiger partial charge in [-0.3, -0.25) is 0 Å². The fraction of sp³-hybridized carbons (Fsp3) is 0.538. The Kier molecular flexibility index (Phi) is 3.94. The highest BCUT2D eigenvalue weighted by Gasteiger charge is 2.22. The van der Waals surface area contributed by atoms with Gasteiger partial charge in [0, 0.05) is 35.3 Å². The number of rotatable bonds is 2. The molecule has 0 aliphatic carbocycles. The number of anilines is 1. The molecule has 1 aromatic carbocycles. The highest BCUT2D eigenvalue weighted by atomic mass is 32.2. The van der Waals surface area contributed by atoms with Crippen molar-refractivity contribution in [3.63, 3.8) is 0 Å². The predicted octanol–water partition coefficient (Wildman–Crippen LogP) is 2.82. The lowest BCUT2D eigenvalue weighted by molar-refractivity contribution is 0.199.